The fourth-order valence-corrected chi connectivity index (χ4v) is 4.33. The number of hydrogen-bond donors (Lipinski definition) is 2. The van der Waals surface area contributed by atoms with Gasteiger partial charge in [-0.05, 0) is 43.2 Å². The molecule has 2 N–H and O–H groups in total. The quantitative estimate of drug-likeness (QED) is 0.548. The summed E-state index contributed by atoms with van der Waals surface area (Å²) in [5, 5.41) is 9.20. The van der Waals surface area contributed by atoms with E-state index < -0.39 is 12.6 Å². The largest absolute Gasteiger partial charge is 0.296 e. The lowest BCUT2D eigenvalue weighted by Crippen LogP contribution is -2.55. The number of hydroxylamine groups is 1. The van der Waals surface area contributed by atoms with Gasteiger partial charge in [0, 0.05) is 54.4 Å². The first-order chi connectivity index (χ1) is 13.9. The second-order valence-electron chi connectivity index (χ2n) is 7.71. The van der Waals surface area contributed by atoms with Crippen molar-refractivity contribution in [3.05, 3.63) is 69.7 Å². The van der Waals surface area contributed by atoms with Crippen molar-refractivity contribution in [3.8, 4) is 0 Å². The molecule has 0 unspecified atom stereocenters. The van der Waals surface area contributed by atoms with Crippen LogP contribution in [-0.4, -0.2) is 46.1 Å². The topological polar surface area (TPSA) is 55.8 Å². The van der Waals surface area contributed by atoms with Crippen LogP contribution in [0.25, 0.3) is 0 Å². The van der Waals surface area contributed by atoms with Crippen molar-refractivity contribution >= 4 is 17.5 Å². The Hall–Kier alpha value is -1.99. The number of nitrogens with zero attached hydrogens (tertiary/aromatic N) is 2. The van der Waals surface area contributed by atoms with Crippen LogP contribution in [0.1, 0.15) is 40.9 Å². The molecule has 5 nitrogen and oxygen atoms in total. The molecular formula is C22H27ClFN3O2. The summed E-state index contributed by atoms with van der Waals surface area (Å²) in [5.74, 6) is -0.513. The number of halogens is 2. The van der Waals surface area contributed by atoms with Gasteiger partial charge in [0.05, 0.1) is 0 Å². The summed E-state index contributed by atoms with van der Waals surface area (Å²) < 4.78 is 13.5. The molecule has 1 aliphatic heterocycles. The van der Waals surface area contributed by atoms with Crippen molar-refractivity contribution in [2.45, 2.75) is 45.7 Å². The maximum atomic E-state index is 13.5. The molecule has 2 aromatic rings. The average Bonchev–Trinajstić information content (AvgIpc) is 2.71. The van der Waals surface area contributed by atoms with Gasteiger partial charge in [-0.25, -0.2) is 9.87 Å². The van der Waals surface area contributed by atoms with E-state index >= 15 is 0 Å². The zero-order valence-corrected chi connectivity index (χ0v) is 17.5. The van der Waals surface area contributed by atoms with Crippen molar-refractivity contribution < 1.29 is 14.4 Å². The van der Waals surface area contributed by atoms with Crippen LogP contribution >= 0.6 is 11.6 Å². The van der Waals surface area contributed by atoms with Crippen LogP contribution in [0.4, 0.5) is 4.39 Å². The number of hydrogen-bond acceptors (Lipinski definition) is 4. The predicted octanol–water partition coefficient (Wildman–Crippen LogP) is 4.02. The highest BCUT2D eigenvalue weighted by Gasteiger charge is 2.30. The molecule has 2 aromatic carbocycles. The minimum Gasteiger partial charge on any atom is -0.296 e. The van der Waals surface area contributed by atoms with Gasteiger partial charge >= 0.3 is 0 Å². The Labute approximate surface area is 176 Å². The zero-order chi connectivity index (χ0) is 21.0. The molecule has 1 fully saturated rings. The SMILES string of the molecule is C[C@@H]1CN(Cc2ccc(C(=O)NO)cc2)C[C@H](C)N1Cc1cccc(Cl)c1CF. The zero-order valence-electron chi connectivity index (χ0n) is 16.7. The maximum absolute atomic E-state index is 13.5. The normalized spacial score (nSPS) is 20.6. The average molecular weight is 420 g/mol. The molecule has 1 amide bonds. The number of alkyl halides is 1. The Kier molecular flexibility index (Phi) is 7.24. The van der Waals surface area contributed by atoms with Crippen molar-refractivity contribution in [1.82, 2.24) is 15.3 Å². The molecule has 7 heteroatoms. The second kappa shape index (κ2) is 9.67. The van der Waals surface area contributed by atoms with Crippen LogP contribution in [0.15, 0.2) is 42.5 Å². The van der Waals surface area contributed by atoms with Gasteiger partial charge in [-0.1, -0.05) is 35.9 Å². The number of amides is 1. The van der Waals surface area contributed by atoms with Gasteiger partial charge in [0.2, 0.25) is 0 Å². The van der Waals surface area contributed by atoms with E-state index in [1.165, 1.54) is 0 Å². The monoisotopic (exact) mass is 419 g/mol. The third-order valence-electron chi connectivity index (χ3n) is 5.60. The molecule has 0 aliphatic carbocycles. The van der Waals surface area contributed by atoms with Gasteiger partial charge in [0.15, 0.2) is 0 Å². The number of carbonyl (C=O) groups is 1. The van der Waals surface area contributed by atoms with Gasteiger partial charge in [-0.3, -0.25) is 19.8 Å². The van der Waals surface area contributed by atoms with Gasteiger partial charge in [0.1, 0.15) is 6.67 Å². The van der Waals surface area contributed by atoms with Crippen LogP contribution in [-0.2, 0) is 19.8 Å². The van der Waals surface area contributed by atoms with Crippen molar-refractivity contribution in [2.24, 2.45) is 0 Å². The summed E-state index contributed by atoms with van der Waals surface area (Å²) in [4.78, 5) is 16.2. The molecular weight excluding hydrogens is 393 g/mol. The third kappa shape index (κ3) is 5.14. The minimum atomic E-state index is -0.554. The van der Waals surface area contributed by atoms with E-state index in [1.807, 2.05) is 24.3 Å². The van der Waals surface area contributed by atoms with E-state index in [0.717, 1.165) is 30.8 Å². The lowest BCUT2D eigenvalue weighted by molar-refractivity contribution is 0.0287. The molecule has 1 aliphatic rings. The van der Waals surface area contributed by atoms with Crippen LogP contribution in [0, 0.1) is 0 Å². The fourth-order valence-electron chi connectivity index (χ4n) is 4.09. The Bertz CT molecular complexity index is 834. The van der Waals surface area contributed by atoms with Gasteiger partial charge < -0.3 is 0 Å². The van der Waals surface area contributed by atoms with Gasteiger partial charge in [0.25, 0.3) is 5.91 Å². The van der Waals surface area contributed by atoms with Crippen LogP contribution in [0.2, 0.25) is 5.02 Å². The van der Waals surface area contributed by atoms with E-state index in [2.05, 4.69) is 23.6 Å². The summed E-state index contributed by atoms with van der Waals surface area (Å²) in [6.45, 7) is 7.09. The molecule has 156 valence electrons. The highest BCUT2D eigenvalue weighted by molar-refractivity contribution is 6.31. The summed E-state index contributed by atoms with van der Waals surface area (Å²) >= 11 is 6.17. The number of benzene rings is 2. The molecule has 2 atom stereocenters. The van der Waals surface area contributed by atoms with Crippen molar-refractivity contribution in [1.29, 1.82) is 0 Å². The number of carbonyl (C=O) groups excluding carboxylic acids is 1. The Balaban J connectivity index is 1.64. The predicted molar refractivity (Wildman–Crippen MR) is 112 cm³/mol. The molecule has 0 radical (unpaired) electrons. The first-order valence-corrected chi connectivity index (χ1v) is 10.1. The van der Waals surface area contributed by atoms with Crippen LogP contribution in [0.5, 0.6) is 0 Å². The third-order valence-corrected chi connectivity index (χ3v) is 5.96. The lowest BCUT2D eigenvalue weighted by atomic mass is 10.0. The van der Waals surface area contributed by atoms with E-state index in [1.54, 1.807) is 23.7 Å². The molecule has 1 heterocycles. The van der Waals surface area contributed by atoms with Gasteiger partial charge in [-0.2, -0.15) is 0 Å². The molecule has 0 spiro atoms. The number of nitrogens with one attached hydrogen (secondary N) is 1. The van der Waals surface area contributed by atoms with Crippen molar-refractivity contribution in [2.75, 3.05) is 13.1 Å². The number of piperazine rings is 1. The van der Waals surface area contributed by atoms with Gasteiger partial charge in [-0.15, -0.1) is 0 Å². The summed E-state index contributed by atoms with van der Waals surface area (Å²) in [6.07, 6.45) is 0. The van der Waals surface area contributed by atoms with Crippen LogP contribution < -0.4 is 5.48 Å². The van der Waals surface area contributed by atoms with E-state index in [0.29, 0.717) is 34.8 Å². The Morgan fingerprint density at radius 2 is 1.79 bits per heavy atom. The second-order valence-corrected chi connectivity index (χ2v) is 8.12. The highest BCUT2D eigenvalue weighted by atomic mass is 35.5. The smallest absolute Gasteiger partial charge is 0.274 e. The molecule has 0 bridgehead atoms. The Morgan fingerprint density at radius 3 is 2.38 bits per heavy atom. The number of rotatable bonds is 6. The van der Waals surface area contributed by atoms with E-state index in [9.17, 15) is 9.18 Å². The molecule has 0 aromatic heterocycles. The maximum Gasteiger partial charge on any atom is 0.274 e. The summed E-state index contributed by atoms with van der Waals surface area (Å²) in [5.41, 5.74) is 4.72. The van der Waals surface area contributed by atoms with Crippen molar-refractivity contribution in [3.63, 3.8) is 0 Å². The summed E-state index contributed by atoms with van der Waals surface area (Å²) in [6, 6.07) is 13.4. The first kappa shape index (κ1) is 21.7. The standard InChI is InChI=1S/C22H27ClFN3O2/c1-15-11-26(13-17-6-8-18(9-7-17)22(28)25-29)12-16(2)27(15)14-19-4-3-5-21(23)20(19)10-24/h3-9,15-16,29H,10-14H2,1-2H3,(H,25,28)/t15-,16+. The summed E-state index contributed by atoms with van der Waals surface area (Å²) in [7, 11) is 0. The van der Waals surface area contributed by atoms with Crippen LogP contribution in [0.3, 0.4) is 0 Å². The lowest BCUT2D eigenvalue weighted by Gasteiger charge is -2.44. The molecule has 29 heavy (non-hydrogen) atoms. The Morgan fingerprint density at radius 1 is 1.14 bits per heavy atom. The fraction of sp³-hybridized carbons (Fsp3) is 0.409. The van der Waals surface area contributed by atoms with E-state index in [4.69, 9.17) is 16.8 Å². The molecule has 1 saturated heterocycles. The highest BCUT2D eigenvalue weighted by Crippen LogP contribution is 2.26. The minimum absolute atomic E-state index is 0.310. The first-order valence-electron chi connectivity index (χ1n) is 9.76. The molecule has 0 saturated carbocycles. The molecule has 3 rings (SSSR count). The van der Waals surface area contributed by atoms with E-state index in [-0.39, 0.29) is 0 Å².